The summed E-state index contributed by atoms with van der Waals surface area (Å²) in [6, 6.07) is 46.3. The first-order valence-corrected chi connectivity index (χ1v) is 16.9. The summed E-state index contributed by atoms with van der Waals surface area (Å²) in [4.78, 5) is 0. The Hall–Kier alpha value is -7.13. The SMILES string of the molecule is C=C/C=C\c1c(C)n(-c2ccc(-c3ccc(C4=C(n5c6ccccc6c6ccccc65)CCC(C#N)=C4C#N)cc3)cc2)c2ccc(C#N)cc12. The maximum absolute atomic E-state index is 10.4. The molecule has 0 radical (unpaired) electrons. The molecule has 0 amide bonds. The average Bonchev–Trinajstić information content (AvgIpc) is 3.67. The molecule has 5 heteroatoms. The van der Waals surface area contributed by atoms with E-state index in [1.54, 1.807) is 6.08 Å². The standard InChI is InChI=1S/C46H31N5/c1-3-4-9-37-30(2)50(44-24-14-31(27-47)26-40(37)44)36-22-19-33(20-23-36)32-15-17-34(18-16-32)46-41(29-49)35(28-48)21-25-45(46)51-42-12-7-5-10-38(42)39-11-6-8-13-43(39)51/h3-20,22-24,26H,1,21,25H2,2H3/b9-4-. The molecule has 2 heterocycles. The van der Waals surface area contributed by atoms with Gasteiger partial charge in [0.2, 0.25) is 0 Å². The van der Waals surface area contributed by atoms with Gasteiger partial charge in [0, 0.05) is 49.9 Å². The number of rotatable bonds is 6. The number of allylic oxidation sites excluding steroid dienone is 6. The van der Waals surface area contributed by atoms with Crippen molar-refractivity contribution >= 4 is 50.1 Å². The second-order valence-corrected chi connectivity index (χ2v) is 12.7. The summed E-state index contributed by atoms with van der Waals surface area (Å²) in [5.41, 5.74) is 12.8. The van der Waals surface area contributed by atoms with Crippen molar-refractivity contribution in [3.63, 3.8) is 0 Å². The van der Waals surface area contributed by atoms with Crippen LogP contribution in [0, 0.1) is 40.9 Å². The van der Waals surface area contributed by atoms with Crippen molar-refractivity contribution in [2.75, 3.05) is 0 Å². The predicted octanol–water partition coefficient (Wildman–Crippen LogP) is 11.3. The van der Waals surface area contributed by atoms with Crippen molar-refractivity contribution in [1.82, 2.24) is 9.13 Å². The Morgan fingerprint density at radius 3 is 1.84 bits per heavy atom. The van der Waals surface area contributed by atoms with E-state index in [0.29, 0.717) is 29.6 Å². The molecule has 240 valence electrons. The van der Waals surface area contributed by atoms with Gasteiger partial charge in [-0.2, -0.15) is 15.8 Å². The molecular formula is C46H31N5. The Morgan fingerprint density at radius 1 is 0.627 bits per heavy atom. The zero-order valence-electron chi connectivity index (χ0n) is 28.1. The third kappa shape index (κ3) is 5.07. The fourth-order valence-corrected chi connectivity index (χ4v) is 7.62. The van der Waals surface area contributed by atoms with Crippen LogP contribution in [0.15, 0.2) is 145 Å². The van der Waals surface area contributed by atoms with Crippen LogP contribution in [0.25, 0.3) is 66.9 Å². The lowest BCUT2D eigenvalue weighted by Gasteiger charge is -2.23. The van der Waals surface area contributed by atoms with Gasteiger partial charge in [-0.05, 0) is 78.9 Å². The smallest absolute Gasteiger partial charge is 0.101 e. The lowest BCUT2D eigenvalue weighted by Crippen LogP contribution is -2.09. The molecule has 5 aromatic carbocycles. The van der Waals surface area contributed by atoms with Crippen LogP contribution in [0.1, 0.15) is 35.2 Å². The van der Waals surface area contributed by atoms with Gasteiger partial charge >= 0.3 is 0 Å². The first kappa shape index (κ1) is 31.2. The maximum Gasteiger partial charge on any atom is 0.101 e. The minimum atomic E-state index is 0.441. The number of nitriles is 3. The van der Waals surface area contributed by atoms with E-state index >= 15 is 0 Å². The summed E-state index contributed by atoms with van der Waals surface area (Å²) in [6.45, 7) is 5.92. The minimum Gasteiger partial charge on any atom is -0.313 e. The summed E-state index contributed by atoms with van der Waals surface area (Å²) in [6.07, 6.45) is 6.88. The minimum absolute atomic E-state index is 0.441. The Morgan fingerprint density at radius 2 is 1.24 bits per heavy atom. The third-order valence-corrected chi connectivity index (χ3v) is 9.96. The maximum atomic E-state index is 10.4. The van der Waals surface area contributed by atoms with Gasteiger partial charge in [-0.15, -0.1) is 0 Å². The van der Waals surface area contributed by atoms with Gasteiger partial charge in [-0.3, -0.25) is 0 Å². The van der Waals surface area contributed by atoms with E-state index in [4.69, 9.17) is 0 Å². The summed E-state index contributed by atoms with van der Waals surface area (Å²) < 4.78 is 4.51. The van der Waals surface area contributed by atoms with Crippen LogP contribution in [0.2, 0.25) is 0 Å². The zero-order valence-corrected chi connectivity index (χ0v) is 28.1. The van der Waals surface area contributed by atoms with Crippen LogP contribution >= 0.6 is 0 Å². The highest BCUT2D eigenvalue weighted by atomic mass is 15.0. The van der Waals surface area contributed by atoms with Crippen LogP contribution < -0.4 is 0 Å². The molecule has 8 rings (SSSR count). The summed E-state index contributed by atoms with van der Waals surface area (Å²) in [7, 11) is 0. The first-order valence-electron chi connectivity index (χ1n) is 16.9. The second-order valence-electron chi connectivity index (χ2n) is 12.7. The van der Waals surface area contributed by atoms with Crippen LogP contribution in [-0.2, 0) is 0 Å². The molecule has 0 atom stereocenters. The molecule has 0 bridgehead atoms. The third-order valence-electron chi connectivity index (χ3n) is 9.96. The number of fused-ring (bicyclic) bond motifs is 4. The zero-order chi connectivity index (χ0) is 35.1. The normalized spacial score (nSPS) is 13.2. The van der Waals surface area contributed by atoms with Crippen molar-refractivity contribution in [2.45, 2.75) is 19.8 Å². The van der Waals surface area contributed by atoms with Crippen LogP contribution in [0.3, 0.4) is 0 Å². The van der Waals surface area contributed by atoms with E-state index in [0.717, 1.165) is 77.6 Å². The largest absolute Gasteiger partial charge is 0.313 e. The highest BCUT2D eigenvalue weighted by Gasteiger charge is 2.26. The van der Waals surface area contributed by atoms with E-state index in [1.165, 1.54) is 0 Å². The number of para-hydroxylation sites is 2. The van der Waals surface area contributed by atoms with Crippen LogP contribution in [-0.4, -0.2) is 9.13 Å². The quantitative estimate of drug-likeness (QED) is 0.167. The number of hydrogen-bond acceptors (Lipinski definition) is 3. The Labute approximate surface area is 296 Å². The molecule has 51 heavy (non-hydrogen) atoms. The molecule has 0 spiro atoms. The molecule has 0 fully saturated rings. The summed E-state index contributed by atoms with van der Waals surface area (Å²) in [5.74, 6) is 0. The van der Waals surface area contributed by atoms with E-state index in [-0.39, 0.29) is 0 Å². The van der Waals surface area contributed by atoms with Gasteiger partial charge in [0.05, 0.1) is 39.8 Å². The number of aromatic nitrogens is 2. The van der Waals surface area contributed by atoms with E-state index in [2.05, 4.69) is 126 Å². The Kier molecular flexibility index (Phi) is 7.77. The fourth-order valence-electron chi connectivity index (χ4n) is 7.62. The van der Waals surface area contributed by atoms with E-state index in [1.807, 2.05) is 42.5 Å². The van der Waals surface area contributed by atoms with E-state index in [9.17, 15) is 15.8 Å². The monoisotopic (exact) mass is 653 g/mol. The fraction of sp³-hybridized carbons (Fsp3) is 0.0652. The van der Waals surface area contributed by atoms with Gasteiger partial charge < -0.3 is 9.13 Å². The van der Waals surface area contributed by atoms with Gasteiger partial charge in [-0.25, -0.2) is 0 Å². The topological polar surface area (TPSA) is 81.2 Å². The molecular weight excluding hydrogens is 623 g/mol. The van der Waals surface area contributed by atoms with Crippen LogP contribution in [0.5, 0.6) is 0 Å². The number of benzene rings is 5. The van der Waals surface area contributed by atoms with Crippen molar-refractivity contribution < 1.29 is 0 Å². The molecule has 0 aliphatic heterocycles. The first-order chi connectivity index (χ1) is 25.1. The molecule has 5 nitrogen and oxygen atoms in total. The Balaban J connectivity index is 1.22. The highest BCUT2D eigenvalue weighted by molar-refractivity contribution is 6.12. The lowest BCUT2D eigenvalue weighted by atomic mass is 9.85. The lowest BCUT2D eigenvalue weighted by molar-refractivity contribution is 0.947. The molecule has 0 unspecified atom stereocenters. The van der Waals surface area contributed by atoms with Gasteiger partial charge in [0.1, 0.15) is 6.07 Å². The molecule has 2 aromatic heterocycles. The van der Waals surface area contributed by atoms with E-state index < -0.39 is 0 Å². The number of nitrogens with zero attached hydrogens (tertiary/aromatic N) is 5. The molecule has 1 aliphatic carbocycles. The summed E-state index contributed by atoms with van der Waals surface area (Å²) in [5, 5.41) is 33.4. The predicted molar refractivity (Wildman–Crippen MR) is 207 cm³/mol. The van der Waals surface area contributed by atoms with Crippen molar-refractivity contribution in [3.05, 3.63) is 168 Å². The van der Waals surface area contributed by atoms with Gasteiger partial charge in [0.15, 0.2) is 0 Å². The van der Waals surface area contributed by atoms with Crippen molar-refractivity contribution in [1.29, 1.82) is 15.8 Å². The average molecular weight is 654 g/mol. The highest BCUT2D eigenvalue weighted by Crippen LogP contribution is 2.43. The number of hydrogen-bond donors (Lipinski definition) is 0. The van der Waals surface area contributed by atoms with Crippen LogP contribution in [0.4, 0.5) is 0 Å². The molecule has 0 N–H and O–H groups in total. The van der Waals surface area contributed by atoms with Gasteiger partial charge in [-0.1, -0.05) is 97.6 Å². The summed E-state index contributed by atoms with van der Waals surface area (Å²) >= 11 is 0. The molecule has 1 aliphatic rings. The molecule has 7 aromatic rings. The Bertz CT molecular complexity index is 2720. The van der Waals surface area contributed by atoms with Crippen molar-refractivity contribution in [3.8, 4) is 35.0 Å². The second kappa shape index (κ2) is 12.7. The molecule has 0 saturated heterocycles. The van der Waals surface area contributed by atoms with Gasteiger partial charge in [0.25, 0.3) is 0 Å². The molecule has 0 saturated carbocycles. The van der Waals surface area contributed by atoms with Crippen molar-refractivity contribution in [2.24, 2.45) is 0 Å².